The predicted octanol–water partition coefficient (Wildman–Crippen LogP) is 3.15. The molecule has 0 aliphatic carbocycles. The van der Waals surface area contributed by atoms with Crippen molar-refractivity contribution in [2.24, 2.45) is 0 Å². The number of carbonyl (C=O) groups excluding carboxylic acids is 1. The summed E-state index contributed by atoms with van der Waals surface area (Å²) >= 11 is 1.53. The molecule has 0 unspecified atom stereocenters. The molecule has 4 aromatic rings. The fourth-order valence-corrected chi connectivity index (χ4v) is 6.42. The summed E-state index contributed by atoms with van der Waals surface area (Å²) in [5.41, 5.74) is 3.30. The molecule has 1 fully saturated rings. The Morgan fingerprint density at radius 2 is 2.09 bits per heavy atom. The van der Waals surface area contributed by atoms with E-state index in [2.05, 4.69) is 15.4 Å². The van der Waals surface area contributed by atoms with Gasteiger partial charge in [-0.05, 0) is 48.6 Å². The highest BCUT2D eigenvalue weighted by molar-refractivity contribution is 7.91. The third kappa shape index (κ3) is 3.91. The molecule has 0 saturated carbocycles. The molecule has 0 bridgehead atoms. The first-order chi connectivity index (χ1) is 15.4. The van der Waals surface area contributed by atoms with Gasteiger partial charge in [-0.2, -0.15) is 5.10 Å². The molecule has 1 amide bonds. The Kier molecular flexibility index (Phi) is 5.26. The Bertz CT molecular complexity index is 1400. The van der Waals surface area contributed by atoms with Crippen LogP contribution in [-0.2, 0) is 16.4 Å². The first-order valence-corrected chi connectivity index (χ1v) is 12.9. The van der Waals surface area contributed by atoms with Gasteiger partial charge in [0.05, 0.1) is 44.8 Å². The molecule has 32 heavy (non-hydrogen) atoms. The molecule has 5 heterocycles. The van der Waals surface area contributed by atoms with Crippen LogP contribution in [0.2, 0.25) is 0 Å². The highest BCUT2D eigenvalue weighted by Gasteiger charge is 2.32. The van der Waals surface area contributed by atoms with Gasteiger partial charge in [-0.25, -0.2) is 18.1 Å². The lowest BCUT2D eigenvalue weighted by molar-refractivity contribution is 0.0952. The van der Waals surface area contributed by atoms with Crippen LogP contribution in [0, 0.1) is 6.92 Å². The molecular weight excluding hydrogens is 446 g/mol. The maximum Gasteiger partial charge on any atom is 0.252 e. The van der Waals surface area contributed by atoms with Gasteiger partial charge >= 0.3 is 0 Å². The number of sulfone groups is 1. The molecule has 1 N–H and O–H groups in total. The van der Waals surface area contributed by atoms with Crippen LogP contribution in [-0.4, -0.2) is 45.6 Å². The third-order valence-electron chi connectivity index (χ3n) is 5.61. The van der Waals surface area contributed by atoms with Gasteiger partial charge in [-0.15, -0.1) is 11.3 Å². The summed E-state index contributed by atoms with van der Waals surface area (Å²) in [6.07, 6.45) is 3.86. The Morgan fingerprint density at radius 1 is 1.28 bits per heavy atom. The SMILES string of the molecule is Cc1nn([C@H]2CCS(=O)(=O)C2)c2nc(-c3cccs3)cc(C(=O)NCc3ccncc3)c12. The van der Waals surface area contributed by atoms with E-state index < -0.39 is 9.84 Å². The van der Waals surface area contributed by atoms with Crippen molar-refractivity contribution < 1.29 is 13.2 Å². The standard InChI is InChI=1S/C22H21N5O3S2/c1-14-20-17(22(28)24-12-15-4-7-23-8-5-15)11-18(19-3-2-9-31-19)25-21(20)27(26-14)16-6-10-32(29,30)13-16/h2-5,7-9,11,16H,6,10,12-13H2,1H3,(H,24,28)/t16-/m0/s1. The Balaban J connectivity index is 1.60. The molecule has 8 nitrogen and oxygen atoms in total. The number of pyridine rings is 2. The van der Waals surface area contributed by atoms with Gasteiger partial charge in [0.15, 0.2) is 15.5 Å². The second-order valence-corrected chi connectivity index (χ2v) is 11.0. The average Bonchev–Trinajstić information content (AvgIpc) is 3.51. The molecule has 0 aromatic carbocycles. The lowest BCUT2D eigenvalue weighted by Gasteiger charge is -2.12. The van der Waals surface area contributed by atoms with E-state index in [0.29, 0.717) is 41.0 Å². The van der Waals surface area contributed by atoms with Gasteiger partial charge in [0.1, 0.15) is 0 Å². The van der Waals surface area contributed by atoms with Gasteiger partial charge in [0.2, 0.25) is 0 Å². The zero-order valence-corrected chi connectivity index (χ0v) is 19.0. The number of aromatic nitrogens is 4. The van der Waals surface area contributed by atoms with Crippen molar-refractivity contribution in [3.8, 4) is 10.6 Å². The number of carbonyl (C=O) groups is 1. The maximum atomic E-state index is 13.3. The van der Waals surface area contributed by atoms with E-state index in [9.17, 15) is 13.2 Å². The minimum atomic E-state index is -3.09. The quantitative estimate of drug-likeness (QED) is 0.483. The molecular formula is C22H21N5O3S2. The third-order valence-corrected chi connectivity index (χ3v) is 8.25. The van der Waals surface area contributed by atoms with Gasteiger partial charge < -0.3 is 5.32 Å². The molecule has 0 spiro atoms. The second-order valence-electron chi connectivity index (χ2n) is 7.86. The van der Waals surface area contributed by atoms with Crippen molar-refractivity contribution in [1.29, 1.82) is 0 Å². The number of amides is 1. The molecule has 10 heteroatoms. The number of nitrogens with one attached hydrogen (secondary N) is 1. The van der Waals surface area contributed by atoms with E-state index in [1.54, 1.807) is 23.1 Å². The predicted molar refractivity (Wildman–Crippen MR) is 123 cm³/mol. The van der Waals surface area contributed by atoms with E-state index in [4.69, 9.17) is 4.98 Å². The van der Waals surface area contributed by atoms with Crippen molar-refractivity contribution in [3.05, 3.63) is 64.9 Å². The Labute approximate surface area is 189 Å². The van der Waals surface area contributed by atoms with Gasteiger partial charge in [-0.1, -0.05) is 6.07 Å². The number of rotatable bonds is 5. The van der Waals surface area contributed by atoms with Crippen molar-refractivity contribution in [3.63, 3.8) is 0 Å². The first-order valence-electron chi connectivity index (χ1n) is 10.2. The van der Waals surface area contributed by atoms with Gasteiger partial charge in [0, 0.05) is 18.9 Å². The van der Waals surface area contributed by atoms with Crippen LogP contribution >= 0.6 is 11.3 Å². The van der Waals surface area contributed by atoms with Crippen LogP contribution in [0.3, 0.4) is 0 Å². The largest absolute Gasteiger partial charge is 0.348 e. The highest BCUT2D eigenvalue weighted by Crippen LogP contribution is 2.33. The Morgan fingerprint density at radius 3 is 2.78 bits per heavy atom. The average molecular weight is 468 g/mol. The summed E-state index contributed by atoms with van der Waals surface area (Å²) in [7, 11) is -3.09. The molecule has 0 radical (unpaired) electrons. The lowest BCUT2D eigenvalue weighted by Crippen LogP contribution is -2.23. The summed E-state index contributed by atoms with van der Waals surface area (Å²) in [6.45, 7) is 2.20. The van der Waals surface area contributed by atoms with Crippen LogP contribution in [0.1, 0.15) is 34.1 Å². The molecule has 5 rings (SSSR count). The van der Waals surface area contributed by atoms with Crippen LogP contribution in [0.4, 0.5) is 0 Å². The van der Waals surface area contributed by atoms with E-state index in [0.717, 1.165) is 10.4 Å². The zero-order chi connectivity index (χ0) is 22.3. The fourth-order valence-electron chi connectivity index (χ4n) is 4.04. The van der Waals surface area contributed by atoms with Crippen LogP contribution in [0.5, 0.6) is 0 Å². The summed E-state index contributed by atoms with van der Waals surface area (Å²) in [5, 5.41) is 10.2. The fraction of sp³-hybridized carbons (Fsp3) is 0.273. The minimum absolute atomic E-state index is 0.0394. The number of hydrogen-bond donors (Lipinski definition) is 1. The number of aryl methyl sites for hydroxylation is 1. The lowest BCUT2D eigenvalue weighted by atomic mass is 10.1. The van der Waals surface area contributed by atoms with E-state index in [1.807, 2.05) is 36.6 Å². The van der Waals surface area contributed by atoms with Crippen molar-refractivity contribution >= 4 is 38.1 Å². The summed E-state index contributed by atoms with van der Waals surface area (Å²) < 4.78 is 25.9. The van der Waals surface area contributed by atoms with Crippen LogP contribution < -0.4 is 5.32 Å². The van der Waals surface area contributed by atoms with Crippen molar-refractivity contribution in [2.75, 3.05) is 11.5 Å². The summed E-state index contributed by atoms with van der Waals surface area (Å²) in [4.78, 5) is 23.0. The monoisotopic (exact) mass is 467 g/mol. The smallest absolute Gasteiger partial charge is 0.252 e. The molecule has 1 saturated heterocycles. The number of nitrogens with zero attached hydrogens (tertiary/aromatic N) is 4. The summed E-state index contributed by atoms with van der Waals surface area (Å²) in [5.74, 6) is -0.0478. The number of hydrogen-bond acceptors (Lipinski definition) is 7. The van der Waals surface area contributed by atoms with Crippen LogP contribution in [0.15, 0.2) is 48.1 Å². The maximum absolute atomic E-state index is 13.3. The zero-order valence-electron chi connectivity index (χ0n) is 17.4. The molecule has 1 aliphatic heterocycles. The summed E-state index contributed by atoms with van der Waals surface area (Å²) in [6, 6.07) is 9.09. The molecule has 1 atom stereocenters. The van der Waals surface area contributed by atoms with Gasteiger partial charge in [-0.3, -0.25) is 9.78 Å². The van der Waals surface area contributed by atoms with E-state index in [-0.39, 0.29) is 23.5 Å². The number of thiophene rings is 1. The Hall–Kier alpha value is -3.11. The van der Waals surface area contributed by atoms with E-state index >= 15 is 0 Å². The van der Waals surface area contributed by atoms with Crippen molar-refractivity contribution in [2.45, 2.75) is 25.9 Å². The minimum Gasteiger partial charge on any atom is -0.348 e. The first kappa shape index (κ1) is 20.8. The van der Waals surface area contributed by atoms with Gasteiger partial charge in [0.25, 0.3) is 5.91 Å². The molecule has 4 aromatic heterocycles. The van der Waals surface area contributed by atoms with Crippen molar-refractivity contribution in [1.82, 2.24) is 25.1 Å². The topological polar surface area (TPSA) is 107 Å². The normalized spacial score (nSPS) is 17.6. The molecule has 1 aliphatic rings. The van der Waals surface area contributed by atoms with Crippen LogP contribution in [0.25, 0.3) is 21.6 Å². The number of fused-ring (bicyclic) bond motifs is 1. The molecule has 164 valence electrons. The highest BCUT2D eigenvalue weighted by atomic mass is 32.2. The van der Waals surface area contributed by atoms with E-state index in [1.165, 1.54) is 11.3 Å². The second kappa shape index (κ2) is 8.10.